The van der Waals surface area contributed by atoms with Gasteiger partial charge < -0.3 is 10.6 Å². The molecule has 1 fully saturated rings. The summed E-state index contributed by atoms with van der Waals surface area (Å²) in [4.78, 5) is 23.5. The molecule has 1 aromatic heterocycles. The van der Waals surface area contributed by atoms with Crippen molar-refractivity contribution in [1.29, 1.82) is 0 Å². The summed E-state index contributed by atoms with van der Waals surface area (Å²) in [7, 11) is 0. The van der Waals surface area contributed by atoms with Crippen molar-refractivity contribution in [3.05, 3.63) is 66.0 Å². The second-order valence-corrected chi connectivity index (χ2v) is 7.72. The topological polar surface area (TPSA) is 72.1 Å². The molecule has 1 unspecified atom stereocenters. The van der Waals surface area contributed by atoms with Gasteiger partial charge in [-0.05, 0) is 35.6 Å². The lowest BCUT2D eigenvalue weighted by Crippen LogP contribution is -2.32. The molecule has 1 atom stereocenters. The number of hydrogen-bond acceptors (Lipinski definition) is 4. The van der Waals surface area contributed by atoms with E-state index in [4.69, 9.17) is 5.73 Å². The van der Waals surface area contributed by atoms with Gasteiger partial charge in [0, 0.05) is 17.5 Å². The first-order valence-corrected chi connectivity index (χ1v) is 8.81. The Morgan fingerprint density at radius 1 is 1.15 bits per heavy atom. The number of benzene rings is 2. The number of nitrogens with two attached hydrogens (primary N) is 1. The van der Waals surface area contributed by atoms with Crippen LogP contribution in [0.4, 0.5) is 5.82 Å². The van der Waals surface area contributed by atoms with E-state index in [-0.39, 0.29) is 17.4 Å². The van der Waals surface area contributed by atoms with Crippen LogP contribution in [0.3, 0.4) is 0 Å². The molecule has 0 radical (unpaired) electrons. The zero-order valence-electron chi connectivity index (χ0n) is 15.0. The Kier molecular flexibility index (Phi) is 3.87. The molecule has 0 bridgehead atoms. The number of fused-ring (bicyclic) bond motifs is 1. The maximum absolute atomic E-state index is 13.3. The smallest absolute Gasteiger partial charge is 0.254 e. The van der Waals surface area contributed by atoms with Gasteiger partial charge in [-0.3, -0.25) is 4.79 Å². The molecule has 2 N–H and O–H groups in total. The molecule has 5 nitrogen and oxygen atoms in total. The van der Waals surface area contributed by atoms with Crippen LogP contribution in [0.15, 0.2) is 54.9 Å². The molecule has 5 heteroatoms. The maximum atomic E-state index is 13.3. The van der Waals surface area contributed by atoms with Gasteiger partial charge in [0.1, 0.15) is 12.1 Å². The molecule has 0 saturated carbocycles. The Labute approximate surface area is 152 Å². The summed E-state index contributed by atoms with van der Waals surface area (Å²) in [6, 6.07) is 15.8. The summed E-state index contributed by atoms with van der Waals surface area (Å²) in [6.45, 7) is 5.16. The molecular weight excluding hydrogens is 324 g/mol. The van der Waals surface area contributed by atoms with E-state index < -0.39 is 0 Å². The van der Waals surface area contributed by atoms with Crippen molar-refractivity contribution in [3.8, 4) is 0 Å². The highest BCUT2D eigenvalue weighted by Crippen LogP contribution is 2.43. The normalized spacial score (nSPS) is 19.0. The molecule has 0 aliphatic carbocycles. The third-order valence-electron chi connectivity index (χ3n) is 5.08. The van der Waals surface area contributed by atoms with Crippen LogP contribution in [0.25, 0.3) is 10.9 Å². The Bertz CT molecular complexity index is 968. The number of nitrogens with zero attached hydrogens (tertiary/aromatic N) is 3. The average Bonchev–Trinajstić information content (AvgIpc) is 2.97. The first kappa shape index (κ1) is 16.5. The fraction of sp³-hybridized carbons (Fsp3) is 0.286. The van der Waals surface area contributed by atoms with Crippen LogP contribution in [0.2, 0.25) is 0 Å². The molecule has 2 aromatic carbocycles. The maximum Gasteiger partial charge on any atom is 0.254 e. The summed E-state index contributed by atoms with van der Waals surface area (Å²) < 4.78 is 0. The molecule has 3 aromatic rings. The van der Waals surface area contributed by atoms with Crippen LogP contribution >= 0.6 is 0 Å². The highest BCUT2D eigenvalue weighted by atomic mass is 16.2. The van der Waals surface area contributed by atoms with Crippen molar-refractivity contribution in [1.82, 2.24) is 14.9 Å². The van der Waals surface area contributed by atoms with E-state index in [0.29, 0.717) is 16.9 Å². The Morgan fingerprint density at radius 3 is 2.69 bits per heavy atom. The van der Waals surface area contributed by atoms with Crippen LogP contribution in [0.5, 0.6) is 0 Å². The van der Waals surface area contributed by atoms with E-state index in [1.54, 1.807) is 0 Å². The van der Waals surface area contributed by atoms with E-state index in [1.807, 2.05) is 41.3 Å². The summed E-state index contributed by atoms with van der Waals surface area (Å²) >= 11 is 0. The van der Waals surface area contributed by atoms with Crippen molar-refractivity contribution in [2.45, 2.75) is 26.3 Å². The number of amides is 1. The molecule has 1 aliphatic rings. The predicted molar refractivity (Wildman–Crippen MR) is 103 cm³/mol. The minimum Gasteiger partial charge on any atom is -0.383 e. The molecule has 0 spiro atoms. The Hall–Kier alpha value is -2.95. The number of anilines is 1. The van der Waals surface area contributed by atoms with Crippen molar-refractivity contribution < 1.29 is 4.79 Å². The highest BCUT2D eigenvalue weighted by molar-refractivity contribution is 5.99. The largest absolute Gasteiger partial charge is 0.383 e. The van der Waals surface area contributed by atoms with Gasteiger partial charge in [-0.1, -0.05) is 44.2 Å². The van der Waals surface area contributed by atoms with Crippen LogP contribution < -0.4 is 5.73 Å². The lowest BCUT2D eigenvalue weighted by molar-refractivity contribution is 0.0725. The number of rotatable bonds is 2. The fourth-order valence-corrected chi connectivity index (χ4v) is 3.83. The van der Waals surface area contributed by atoms with Gasteiger partial charge in [-0.15, -0.1) is 0 Å². The van der Waals surface area contributed by atoms with Gasteiger partial charge in [0.05, 0.1) is 11.6 Å². The number of likely N-dealkylation sites (tertiary alicyclic amines) is 1. The first-order valence-electron chi connectivity index (χ1n) is 8.81. The lowest BCUT2D eigenvalue weighted by atomic mass is 9.89. The standard InChI is InChI=1S/C21H22N4O/c1-21(2)11-18(14-6-4-3-5-7-14)25(12-21)20(26)15-8-9-16-17(10-15)23-13-24-19(16)22/h3-10,13,18H,11-12H2,1-2H3,(H2,22,23,24). The average molecular weight is 346 g/mol. The number of hydrogen-bond donors (Lipinski definition) is 1. The Morgan fingerprint density at radius 2 is 1.92 bits per heavy atom. The fourth-order valence-electron chi connectivity index (χ4n) is 3.83. The minimum atomic E-state index is 0.0310. The highest BCUT2D eigenvalue weighted by Gasteiger charge is 2.40. The quantitative estimate of drug-likeness (QED) is 0.765. The van der Waals surface area contributed by atoms with Crippen molar-refractivity contribution in [2.75, 3.05) is 12.3 Å². The van der Waals surface area contributed by atoms with E-state index in [0.717, 1.165) is 18.4 Å². The van der Waals surface area contributed by atoms with E-state index in [2.05, 4.69) is 35.9 Å². The molecule has 4 rings (SSSR count). The monoisotopic (exact) mass is 346 g/mol. The van der Waals surface area contributed by atoms with Crippen LogP contribution in [0, 0.1) is 5.41 Å². The van der Waals surface area contributed by atoms with Crippen molar-refractivity contribution in [3.63, 3.8) is 0 Å². The van der Waals surface area contributed by atoms with E-state index >= 15 is 0 Å². The second kappa shape index (κ2) is 6.09. The van der Waals surface area contributed by atoms with Crippen molar-refractivity contribution >= 4 is 22.6 Å². The lowest BCUT2D eigenvalue weighted by Gasteiger charge is -2.25. The summed E-state index contributed by atoms with van der Waals surface area (Å²) in [5.74, 6) is 0.460. The van der Waals surface area contributed by atoms with Crippen LogP contribution in [0.1, 0.15) is 42.2 Å². The number of aromatic nitrogens is 2. The zero-order valence-corrected chi connectivity index (χ0v) is 15.0. The number of carbonyl (C=O) groups excluding carboxylic acids is 1. The van der Waals surface area contributed by atoms with Gasteiger partial charge in [-0.2, -0.15) is 0 Å². The number of nitrogen functional groups attached to an aromatic ring is 1. The zero-order chi connectivity index (χ0) is 18.3. The summed E-state index contributed by atoms with van der Waals surface area (Å²) in [5.41, 5.74) is 8.48. The van der Waals surface area contributed by atoms with Gasteiger partial charge in [0.25, 0.3) is 5.91 Å². The van der Waals surface area contributed by atoms with Crippen LogP contribution in [-0.2, 0) is 0 Å². The molecule has 1 aliphatic heterocycles. The number of carbonyl (C=O) groups is 1. The molecule has 132 valence electrons. The molecule has 2 heterocycles. The summed E-state index contributed by atoms with van der Waals surface area (Å²) in [6.07, 6.45) is 2.38. The van der Waals surface area contributed by atoms with Crippen LogP contribution in [-0.4, -0.2) is 27.3 Å². The van der Waals surface area contributed by atoms with E-state index in [9.17, 15) is 4.79 Å². The van der Waals surface area contributed by atoms with Gasteiger partial charge in [0.2, 0.25) is 0 Å². The van der Waals surface area contributed by atoms with Gasteiger partial charge >= 0.3 is 0 Å². The minimum absolute atomic E-state index is 0.0310. The summed E-state index contributed by atoms with van der Waals surface area (Å²) in [5, 5.41) is 0.769. The third-order valence-corrected chi connectivity index (χ3v) is 5.08. The molecule has 1 amide bonds. The predicted octanol–water partition coefficient (Wildman–Crippen LogP) is 3.83. The van der Waals surface area contributed by atoms with Gasteiger partial charge in [-0.25, -0.2) is 9.97 Å². The molecular formula is C21H22N4O. The van der Waals surface area contributed by atoms with E-state index in [1.165, 1.54) is 11.9 Å². The molecule has 26 heavy (non-hydrogen) atoms. The first-order chi connectivity index (χ1) is 12.4. The van der Waals surface area contributed by atoms with Gasteiger partial charge in [0.15, 0.2) is 0 Å². The SMILES string of the molecule is CC1(C)CC(c2ccccc2)N(C(=O)c2ccc3c(N)ncnc3c2)C1. The second-order valence-electron chi connectivity index (χ2n) is 7.72. The third kappa shape index (κ3) is 2.90. The Balaban J connectivity index is 1.72. The molecule has 1 saturated heterocycles. The van der Waals surface area contributed by atoms with Crippen molar-refractivity contribution in [2.24, 2.45) is 5.41 Å².